The molecule has 0 amide bonds. The maximum absolute atomic E-state index is 6.13. The Bertz CT molecular complexity index is 833. The van der Waals surface area contributed by atoms with Crippen LogP contribution in [0.2, 0.25) is 0 Å². The van der Waals surface area contributed by atoms with Crippen LogP contribution < -0.4 is 16.4 Å². The molecule has 1 aromatic heterocycles. The molecular weight excluding hydrogens is 346 g/mol. The van der Waals surface area contributed by atoms with E-state index in [4.69, 9.17) is 10.2 Å². The number of fused-ring (bicyclic) bond motifs is 1. The summed E-state index contributed by atoms with van der Waals surface area (Å²) in [6.07, 6.45) is 8.66. The minimum Gasteiger partial charge on any atom is -0.464 e. The van der Waals surface area contributed by atoms with E-state index in [1.807, 2.05) is 6.26 Å². The van der Waals surface area contributed by atoms with Crippen LogP contribution >= 0.6 is 0 Å². The SMILES string of the molecule is C=C(NCCNCCC(CC)c1coc2ccc(C)cc12)C1=C(N)CCCC1. The standard InChI is InChI=1S/C24H35N3O/c1-4-19(22-16-28-24-10-9-17(2)15-21(22)24)11-12-26-13-14-27-18(3)20-7-5-6-8-23(20)25/h9-10,15-16,19,26-27H,3-8,11-14,25H2,1-2H3. The lowest BCUT2D eigenvalue weighted by molar-refractivity contribution is 0.539. The second-order valence-electron chi connectivity index (χ2n) is 7.95. The van der Waals surface area contributed by atoms with Gasteiger partial charge in [0.05, 0.1) is 6.26 Å². The second-order valence-corrected chi connectivity index (χ2v) is 7.95. The number of hydrogen-bond donors (Lipinski definition) is 3. The third-order valence-electron chi connectivity index (χ3n) is 5.88. The van der Waals surface area contributed by atoms with Crippen LogP contribution in [-0.2, 0) is 0 Å². The molecule has 152 valence electrons. The number of benzene rings is 1. The first-order chi connectivity index (χ1) is 13.6. The van der Waals surface area contributed by atoms with Gasteiger partial charge in [-0.2, -0.15) is 0 Å². The van der Waals surface area contributed by atoms with Crippen molar-refractivity contribution in [1.29, 1.82) is 0 Å². The number of rotatable bonds is 10. The van der Waals surface area contributed by atoms with Gasteiger partial charge in [-0.3, -0.25) is 0 Å². The summed E-state index contributed by atoms with van der Waals surface area (Å²) in [6, 6.07) is 6.42. The van der Waals surface area contributed by atoms with Gasteiger partial charge in [0, 0.05) is 35.4 Å². The van der Waals surface area contributed by atoms with Crippen molar-refractivity contribution in [2.75, 3.05) is 19.6 Å². The molecule has 0 saturated heterocycles. The number of hydrogen-bond acceptors (Lipinski definition) is 4. The Morgan fingerprint density at radius 1 is 1.21 bits per heavy atom. The maximum atomic E-state index is 6.13. The average molecular weight is 382 g/mol. The molecule has 28 heavy (non-hydrogen) atoms. The molecule has 1 heterocycles. The van der Waals surface area contributed by atoms with Gasteiger partial charge in [0.15, 0.2) is 0 Å². The fraction of sp³-hybridized carbons (Fsp3) is 0.500. The van der Waals surface area contributed by atoms with Crippen LogP contribution in [0.15, 0.2) is 52.4 Å². The normalized spacial score (nSPS) is 15.8. The number of nitrogens with two attached hydrogens (primary N) is 1. The summed E-state index contributed by atoms with van der Waals surface area (Å²) in [4.78, 5) is 0. The van der Waals surface area contributed by atoms with Crippen LogP contribution in [0.5, 0.6) is 0 Å². The molecule has 0 fully saturated rings. The van der Waals surface area contributed by atoms with Crippen molar-refractivity contribution in [2.24, 2.45) is 5.73 Å². The zero-order chi connectivity index (χ0) is 19.9. The lowest BCUT2D eigenvalue weighted by Gasteiger charge is -2.20. The van der Waals surface area contributed by atoms with Gasteiger partial charge in [-0.05, 0) is 75.6 Å². The van der Waals surface area contributed by atoms with Gasteiger partial charge in [0.2, 0.25) is 0 Å². The van der Waals surface area contributed by atoms with E-state index in [2.05, 4.69) is 49.3 Å². The highest BCUT2D eigenvalue weighted by atomic mass is 16.3. The maximum Gasteiger partial charge on any atom is 0.134 e. The monoisotopic (exact) mass is 381 g/mol. The molecule has 1 unspecified atom stereocenters. The predicted octanol–water partition coefficient (Wildman–Crippen LogP) is 5.10. The molecule has 0 radical (unpaired) electrons. The van der Waals surface area contributed by atoms with E-state index in [0.717, 1.165) is 62.3 Å². The predicted molar refractivity (Wildman–Crippen MR) is 118 cm³/mol. The lowest BCUT2D eigenvalue weighted by atomic mass is 9.92. The number of aryl methyl sites for hydroxylation is 1. The molecule has 0 bridgehead atoms. The Morgan fingerprint density at radius 2 is 2.04 bits per heavy atom. The van der Waals surface area contributed by atoms with E-state index in [-0.39, 0.29) is 0 Å². The van der Waals surface area contributed by atoms with Gasteiger partial charge in [-0.1, -0.05) is 25.1 Å². The van der Waals surface area contributed by atoms with Crippen molar-refractivity contribution < 1.29 is 4.42 Å². The summed E-state index contributed by atoms with van der Waals surface area (Å²) in [7, 11) is 0. The molecule has 1 aliphatic rings. The Labute approximate surface area is 169 Å². The smallest absolute Gasteiger partial charge is 0.134 e. The Balaban J connectivity index is 1.42. The highest BCUT2D eigenvalue weighted by Crippen LogP contribution is 2.32. The van der Waals surface area contributed by atoms with Crippen LogP contribution in [0.4, 0.5) is 0 Å². The summed E-state index contributed by atoms with van der Waals surface area (Å²) in [5.41, 5.74) is 13.0. The topological polar surface area (TPSA) is 63.2 Å². The molecule has 4 heteroatoms. The molecule has 2 aromatic rings. The zero-order valence-electron chi connectivity index (χ0n) is 17.4. The number of furan rings is 1. The van der Waals surface area contributed by atoms with Gasteiger partial charge < -0.3 is 20.8 Å². The molecule has 1 aromatic carbocycles. The van der Waals surface area contributed by atoms with Crippen LogP contribution in [-0.4, -0.2) is 19.6 Å². The van der Waals surface area contributed by atoms with Crippen LogP contribution in [0, 0.1) is 6.92 Å². The van der Waals surface area contributed by atoms with Crippen molar-refractivity contribution >= 4 is 11.0 Å². The molecular formula is C24H35N3O. The van der Waals surface area contributed by atoms with Crippen molar-refractivity contribution in [3.05, 3.63) is 59.1 Å². The van der Waals surface area contributed by atoms with E-state index >= 15 is 0 Å². The fourth-order valence-electron chi connectivity index (χ4n) is 4.14. The lowest BCUT2D eigenvalue weighted by Crippen LogP contribution is -2.29. The van der Waals surface area contributed by atoms with Gasteiger partial charge >= 0.3 is 0 Å². The summed E-state index contributed by atoms with van der Waals surface area (Å²) >= 11 is 0. The van der Waals surface area contributed by atoms with Crippen molar-refractivity contribution in [3.8, 4) is 0 Å². The van der Waals surface area contributed by atoms with E-state index in [0.29, 0.717) is 5.92 Å². The number of nitrogens with one attached hydrogen (secondary N) is 2. The van der Waals surface area contributed by atoms with E-state index in [1.165, 1.54) is 34.9 Å². The zero-order valence-corrected chi connectivity index (χ0v) is 17.4. The van der Waals surface area contributed by atoms with Crippen LogP contribution in [0.1, 0.15) is 62.5 Å². The Morgan fingerprint density at radius 3 is 2.82 bits per heavy atom. The summed E-state index contributed by atoms with van der Waals surface area (Å²) in [6.45, 7) is 11.4. The van der Waals surface area contributed by atoms with Gasteiger partial charge in [0.1, 0.15) is 5.58 Å². The third kappa shape index (κ3) is 4.99. The van der Waals surface area contributed by atoms with Crippen molar-refractivity contribution in [2.45, 2.75) is 58.3 Å². The Kier molecular flexibility index (Phi) is 7.21. The molecule has 1 atom stereocenters. The summed E-state index contributed by atoms with van der Waals surface area (Å²) in [5, 5.41) is 8.26. The molecule has 0 saturated carbocycles. The largest absolute Gasteiger partial charge is 0.464 e. The molecule has 1 aliphatic carbocycles. The third-order valence-corrected chi connectivity index (χ3v) is 5.88. The quantitative estimate of drug-likeness (QED) is 0.501. The number of allylic oxidation sites excluding steroid dienone is 2. The highest BCUT2D eigenvalue weighted by molar-refractivity contribution is 5.82. The summed E-state index contributed by atoms with van der Waals surface area (Å²) in [5.74, 6) is 0.519. The average Bonchev–Trinajstić information content (AvgIpc) is 3.10. The first kappa shape index (κ1) is 20.5. The summed E-state index contributed by atoms with van der Waals surface area (Å²) < 4.78 is 5.77. The van der Waals surface area contributed by atoms with Crippen molar-refractivity contribution in [1.82, 2.24) is 10.6 Å². The van der Waals surface area contributed by atoms with E-state index in [9.17, 15) is 0 Å². The van der Waals surface area contributed by atoms with Crippen LogP contribution in [0.25, 0.3) is 11.0 Å². The molecule has 4 nitrogen and oxygen atoms in total. The highest BCUT2D eigenvalue weighted by Gasteiger charge is 2.16. The van der Waals surface area contributed by atoms with E-state index < -0.39 is 0 Å². The Hall–Kier alpha value is -2.20. The molecule has 0 spiro atoms. The van der Waals surface area contributed by atoms with Gasteiger partial charge in [0.25, 0.3) is 0 Å². The fourth-order valence-corrected chi connectivity index (χ4v) is 4.14. The van der Waals surface area contributed by atoms with Gasteiger partial charge in [-0.15, -0.1) is 0 Å². The van der Waals surface area contributed by atoms with Crippen molar-refractivity contribution in [3.63, 3.8) is 0 Å². The van der Waals surface area contributed by atoms with Gasteiger partial charge in [-0.25, -0.2) is 0 Å². The minimum absolute atomic E-state index is 0.519. The first-order valence-electron chi connectivity index (χ1n) is 10.7. The van der Waals surface area contributed by atoms with Crippen LogP contribution in [0.3, 0.4) is 0 Å². The minimum atomic E-state index is 0.519. The van der Waals surface area contributed by atoms with E-state index in [1.54, 1.807) is 0 Å². The molecule has 0 aliphatic heterocycles. The molecule has 3 rings (SSSR count). The second kappa shape index (κ2) is 9.83. The first-order valence-corrected chi connectivity index (χ1v) is 10.7. The molecule has 4 N–H and O–H groups in total.